The Hall–Kier alpha value is -2.77. The molecule has 0 unspecified atom stereocenters. The molecule has 4 rings (SSSR count). The Morgan fingerprint density at radius 1 is 1.03 bits per heavy atom. The van der Waals surface area contributed by atoms with Crippen LogP contribution in [-0.2, 0) is 6.54 Å². The number of aromatic nitrogens is 2. The van der Waals surface area contributed by atoms with E-state index >= 15 is 0 Å². The van der Waals surface area contributed by atoms with Crippen molar-refractivity contribution in [1.29, 1.82) is 0 Å². The quantitative estimate of drug-likeness (QED) is 0.548. The van der Waals surface area contributed by atoms with Gasteiger partial charge < -0.3 is 9.64 Å². The molecule has 0 saturated carbocycles. The first-order valence-electron chi connectivity index (χ1n) is 10.5. The molecular formula is C24H28N4O2S. The highest BCUT2D eigenvalue weighted by Gasteiger charge is 2.25. The summed E-state index contributed by atoms with van der Waals surface area (Å²) in [4.78, 5) is 22.3. The zero-order chi connectivity index (χ0) is 21.6. The molecule has 2 aromatic carbocycles. The van der Waals surface area contributed by atoms with E-state index in [0.29, 0.717) is 12.2 Å². The first kappa shape index (κ1) is 21.5. The van der Waals surface area contributed by atoms with Crippen LogP contribution in [0.4, 0.5) is 0 Å². The molecule has 0 atom stereocenters. The SMILES string of the molecule is COc1ccc(CN2CCCN(C(=O)c3cnc(SC)n3-c3ccccc3)CC2)cc1. The summed E-state index contributed by atoms with van der Waals surface area (Å²) in [5, 5.41) is 0.825. The number of methoxy groups -OCH3 is 1. The Balaban J connectivity index is 1.46. The Morgan fingerprint density at radius 2 is 1.81 bits per heavy atom. The van der Waals surface area contributed by atoms with Crippen LogP contribution < -0.4 is 4.74 Å². The standard InChI is InChI=1S/C24H28N4O2S/c1-30-21-11-9-19(10-12-21)18-26-13-6-14-27(16-15-26)23(29)22-17-25-24(31-2)28(22)20-7-4-3-5-8-20/h3-5,7-12,17H,6,13-16,18H2,1-2H3. The highest BCUT2D eigenvalue weighted by atomic mass is 32.2. The Bertz CT molecular complexity index is 1000. The van der Waals surface area contributed by atoms with Gasteiger partial charge in [-0.2, -0.15) is 0 Å². The van der Waals surface area contributed by atoms with Gasteiger partial charge in [0.05, 0.1) is 13.3 Å². The third kappa shape index (κ3) is 4.94. The second-order valence-corrected chi connectivity index (χ2v) is 8.34. The Morgan fingerprint density at radius 3 is 2.52 bits per heavy atom. The smallest absolute Gasteiger partial charge is 0.272 e. The van der Waals surface area contributed by atoms with Gasteiger partial charge in [0.25, 0.3) is 5.91 Å². The molecule has 2 heterocycles. The lowest BCUT2D eigenvalue weighted by Crippen LogP contribution is -2.36. The molecule has 6 nitrogen and oxygen atoms in total. The average Bonchev–Trinajstić information content (AvgIpc) is 3.12. The van der Waals surface area contributed by atoms with Gasteiger partial charge >= 0.3 is 0 Å². The first-order valence-corrected chi connectivity index (χ1v) is 11.7. The van der Waals surface area contributed by atoms with Crippen molar-refractivity contribution < 1.29 is 9.53 Å². The van der Waals surface area contributed by atoms with E-state index in [-0.39, 0.29) is 5.91 Å². The van der Waals surface area contributed by atoms with Crippen LogP contribution in [0.3, 0.4) is 0 Å². The summed E-state index contributed by atoms with van der Waals surface area (Å²) >= 11 is 1.55. The van der Waals surface area contributed by atoms with Gasteiger partial charge in [-0.1, -0.05) is 42.1 Å². The molecule has 1 aliphatic rings. The van der Waals surface area contributed by atoms with Crippen LogP contribution in [0.2, 0.25) is 0 Å². The van der Waals surface area contributed by atoms with Crippen molar-refractivity contribution >= 4 is 17.7 Å². The predicted molar refractivity (Wildman–Crippen MR) is 124 cm³/mol. The molecule has 7 heteroatoms. The van der Waals surface area contributed by atoms with Crippen LogP contribution in [0.5, 0.6) is 5.75 Å². The van der Waals surface area contributed by atoms with Crippen molar-refractivity contribution in [2.75, 3.05) is 39.5 Å². The van der Waals surface area contributed by atoms with Crippen molar-refractivity contribution in [2.45, 2.75) is 18.1 Å². The number of rotatable bonds is 6. The Labute approximate surface area is 187 Å². The fourth-order valence-corrected chi connectivity index (χ4v) is 4.48. The predicted octanol–water partition coefficient (Wildman–Crippen LogP) is 3.95. The number of nitrogens with zero attached hydrogens (tertiary/aromatic N) is 4. The lowest BCUT2D eigenvalue weighted by molar-refractivity contribution is 0.0752. The lowest BCUT2D eigenvalue weighted by atomic mass is 10.2. The summed E-state index contributed by atoms with van der Waals surface area (Å²) in [7, 11) is 1.68. The molecule has 1 fully saturated rings. The maximum absolute atomic E-state index is 13.4. The lowest BCUT2D eigenvalue weighted by Gasteiger charge is -2.22. The minimum atomic E-state index is 0.0444. The fourth-order valence-electron chi connectivity index (χ4n) is 3.94. The molecule has 0 spiro atoms. The van der Waals surface area contributed by atoms with Crippen molar-refractivity contribution in [3.63, 3.8) is 0 Å². The van der Waals surface area contributed by atoms with Gasteiger partial charge in [-0.3, -0.25) is 14.3 Å². The second kappa shape index (κ2) is 10.0. The van der Waals surface area contributed by atoms with Gasteiger partial charge in [0.15, 0.2) is 5.16 Å². The summed E-state index contributed by atoms with van der Waals surface area (Å²) in [6, 6.07) is 18.2. The molecule has 162 valence electrons. The van der Waals surface area contributed by atoms with E-state index in [1.807, 2.05) is 58.2 Å². The van der Waals surface area contributed by atoms with Crippen LogP contribution in [0.15, 0.2) is 66.0 Å². The highest BCUT2D eigenvalue weighted by molar-refractivity contribution is 7.98. The number of carbonyl (C=O) groups is 1. The molecule has 1 aromatic heterocycles. The summed E-state index contributed by atoms with van der Waals surface area (Å²) in [5.41, 5.74) is 2.84. The third-order valence-corrected chi connectivity index (χ3v) is 6.24. The van der Waals surface area contributed by atoms with Crippen LogP contribution in [0.1, 0.15) is 22.5 Å². The topological polar surface area (TPSA) is 50.6 Å². The minimum Gasteiger partial charge on any atom is -0.497 e. The number of thioether (sulfide) groups is 1. The number of para-hydroxylation sites is 1. The zero-order valence-corrected chi connectivity index (χ0v) is 18.8. The molecule has 31 heavy (non-hydrogen) atoms. The molecule has 0 aliphatic carbocycles. The average molecular weight is 437 g/mol. The van der Waals surface area contributed by atoms with Crippen molar-refractivity contribution in [1.82, 2.24) is 19.4 Å². The van der Waals surface area contributed by atoms with E-state index in [1.165, 1.54) is 5.56 Å². The monoisotopic (exact) mass is 436 g/mol. The van der Waals surface area contributed by atoms with E-state index in [9.17, 15) is 4.79 Å². The minimum absolute atomic E-state index is 0.0444. The highest BCUT2D eigenvalue weighted by Crippen LogP contribution is 2.23. The molecular weight excluding hydrogens is 408 g/mol. The van der Waals surface area contributed by atoms with E-state index in [4.69, 9.17) is 4.74 Å². The summed E-state index contributed by atoms with van der Waals surface area (Å²) in [5.74, 6) is 0.916. The van der Waals surface area contributed by atoms with Gasteiger partial charge in [0.2, 0.25) is 0 Å². The van der Waals surface area contributed by atoms with Gasteiger partial charge in [-0.05, 0) is 42.5 Å². The third-order valence-electron chi connectivity index (χ3n) is 5.59. The number of hydrogen-bond acceptors (Lipinski definition) is 5. The summed E-state index contributed by atoms with van der Waals surface area (Å²) in [6.45, 7) is 4.18. The van der Waals surface area contributed by atoms with E-state index in [0.717, 1.165) is 49.2 Å². The van der Waals surface area contributed by atoms with Gasteiger partial charge in [-0.15, -0.1) is 0 Å². The second-order valence-electron chi connectivity index (χ2n) is 7.57. The number of imidazole rings is 1. The molecule has 1 amide bonds. The fraction of sp³-hybridized carbons (Fsp3) is 0.333. The van der Waals surface area contributed by atoms with E-state index in [1.54, 1.807) is 25.1 Å². The van der Waals surface area contributed by atoms with Crippen molar-refractivity contribution in [3.05, 3.63) is 72.1 Å². The molecule has 0 radical (unpaired) electrons. The largest absolute Gasteiger partial charge is 0.497 e. The first-order chi connectivity index (χ1) is 15.2. The maximum atomic E-state index is 13.4. The van der Waals surface area contributed by atoms with E-state index < -0.39 is 0 Å². The summed E-state index contributed by atoms with van der Waals surface area (Å²) < 4.78 is 7.21. The normalized spacial score (nSPS) is 15.0. The van der Waals surface area contributed by atoms with Crippen molar-refractivity contribution in [2.24, 2.45) is 0 Å². The Kier molecular flexibility index (Phi) is 6.94. The van der Waals surface area contributed by atoms with Crippen LogP contribution in [-0.4, -0.2) is 64.8 Å². The molecule has 0 bridgehead atoms. The van der Waals surface area contributed by atoms with Crippen molar-refractivity contribution in [3.8, 4) is 11.4 Å². The van der Waals surface area contributed by atoms with Gasteiger partial charge in [-0.25, -0.2) is 4.98 Å². The summed E-state index contributed by atoms with van der Waals surface area (Å²) in [6.07, 6.45) is 4.65. The molecule has 0 N–H and O–H groups in total. The zero-order valence-electron chi connectivity index (χ0n) is 18.0. The van der Waals surface area contributed by atoms with Crippen LogP contribution >= 0.6 is 11.8 Å². The number of ether oxygens (including phenoxy) is 1. The van der Waals surface area contributed by atoms with Crippen LogP contribution in [0.25, 0.3) is 5.69 Å². The molecule has 1 aliphatic heterocycles. The van der Waals surface area contributed by atoms with Gasteiger partial charge in [0.1, 0.15) is 11.4 Å². The van der Waals surface area contributed by atoms with Gasteiger partial charge in [0, 0.05) is 38.4 Å². The van der Waals surface area contributed by atoms with E-state index in [2.05, 4.69) is 22.0 Å². The maximum Gasteiger partial charge on any atom is 0.272 e. The molecule has 1 saturated heterocycles. The van der Waals surface area contributed by atoms with Crippen LogP contribution in [0, 0.1) is 0 Å². The number of benzene rings is 2. The molecule has 3 aromatic rings. The number of hydrogen-bond donors (Lipinski definition) is 0. The number of amides is 1. The number of carbonyl (C=O) groups excluding carboxylic acids is 1.